The molecule has 0 bridgehead atoms. The number of ether oxygens (including phenoxy) is 1. The minimum Gasteiger partial charge on any atom is -0.383 e. The third kappa shape index (κ3) is 4.05. The van der Waals surface area contributed by atoms with E-state index in [1.165, 1.54) is 12.8 Å². The fourth-order valence-corrected chi connectivity index (χ4v) is 2.14. The second kappa shape index (κ2) is 6.83. The van der Waals surface area contributed by atoms with Gasteiger partial charge in [0.25, 0.3) is 0 Å². The molecule has 0 aromatic carbocycles. The molecule has 0 radical (unpaired) electrons. The van der Waals surface area contributed by atoms with Crippen LogP contribution in [0.15, 0.2) is 18.2 Å². The van der Waals surface area contributed by atoms with E-state index in [1.807, 2.05) is 7.05 Å². The monoisotopic (exact) mass is 249 g/mol. The number of nitrogens with zero attached hydrogens (tertiary/aromatic N) is 2. The maximum atomic E-state index is 5.18. The normalized spacial score (nSPS) is 15.3. The van der Waals surface area contributed by atoms with Gasteiger partial charge < -0.3 is 10.1 Å². The van der Waals surface area contributed by atoms with E-state index in [0.717, 1.165) is 43.7 Å². The Balaban J connectivity index is 1.94. The number of nitrogens with one attached hydrogen (secondary N) is 1. The van der Waals surface area contributed by atoms with E-state index < -0.39 is 0 Å². The zero-order chi connectivity index (χ0) is 12.8. The Morgan fingerprint density at radius 1 is 1.39 bits per heavy atom. The molecule has 0 unspecified atom stereocenters. The Labute approximate surface area is 109 Å². The zero-order valence-corrected chi connectivity index (χ0v) is 11.4. The van der Waals surface area contributed by atoms with E-state index in [2.05, 4.69) is 33.4 Å². The van der Waals surface area contributed by atoms with E-state index >= 15 is 0 Å². The number of aromatic nitrogens is 1. The third-order valence-corrected chi connectivity index (χ3v) is 3.23. The summed E-state index contributed by atoms with van der Waals surface area (Å²) in [7, 11) is 3.71. The minimum absolute atomic E-state index is 0.745. The minimum atomic E-state index is 0.745. The number of hydrogen-bond donors (Lipinski definition) is 1. The molecule has 0 amide bonds. The van der Waals surface area contributed by atoms with E-state index in [0.29, 0.717) is 0 Å². The first-order valence-corrected chi connectivity index (χ1v) is 6.66. The summed E-state index contributed by atoms with van der Waals surface area (Å²) in [4.78, 5) is 7.16. The van der Waals surface area contributed by atoms with Crippen LogP contribution in [0.2, 0.25) is 0 Å². The van der Waals surface area contributed by atoms with Crippen molar-refractivity contribution in [2.45, 2.75) is 32.0 Å². The van der Waals surface area contributed by atoms with Gasteiger partial charge in [-0.2, -0.15) is 0 Å². The van der Waals surface area contributed by atoms with Crippen molar-refractivity contribution in [1.82, 2.24) is 15.2 Å². The van der Waals surface area contributed by atoms with Crippen LogP contribution in [0.25, 0.3) is 0 Å². The molecule has 1 aromatic heterocycles. The molecule has 0 aliphatic heterocycles. The van der Waals surface area contributed by atoms with Crippen molar-refractivity contribution in [2.24, 2.45) is 0 Å². The lowest BCUT2D eigenvalue weighted by molar-refractivity contribution is 0.139. The van der Waals surface area contributed by atoms with E-state index in [9.17, 15) is 0 Å². The van der Waals surface area contributed by atoms with Gasteiger partial charge in [-0.3, -0.25) is 9.88 Å². The predicted molar refractivity (Wildman–Crippen MR) is 72.3 cm³/mol. The summed E-state index contributed by atoms with van der Waals surface area (Å²) in [5.41, 5.74) is 2.27. The smallest absolute Gasteiger partial charge is 0.0589 e. The first-order chi connectivity index (χ1) is 8.83. The topological polar surface area (TPSA) is 37.4 Å². The van der Waals surface area contributed by atoms with Gasteiger partial charge in [-0.05, 0) is 32.0 Å². The van der Waals surface area contributed by atoms with Crippen molar-refractivity contribution in [1.29, 1.82) is 0 Å². The lowest BCUT2D eigenvalue weighted by atomic mass is 10.2. The lowest BCUT2D eigenvalue weighted by Gasteiger charge is -2.21. The fourth-order valence-electron chi connectivity index (χ4n) is 2.14. The molecule has 4 heteroatoms. The van der Waals surface area contributed by atoms with Gasteiger partial charge in [0.05, 0.1) is 18.0 Å². The van der Waals surface area contributed by atoms with Crippen molar-refractivity contribution in [3.05, 3.63) is 29.6 Å². The second-order valence-electron chi connectivity index (χ2n) is 4.85. The van der Waals surface area contributed by atoms with Crippen molar-refractivity contribution in [3.8, 4) is 0 Å². The van der Waals surface area contributed by atoms with Crippen molar-refractivity contribution >= 4 is 0 Å². The summed E-state index contributed by atoms with van der Waals surface area (Å²) in [6, 6.07) is 7.02. The Morgan fingerprint density at radius 3 is 2.83 bits per heavy atom. The molecule has 1 fully saturated rings. The highest BCUT2D eigenvalue weighted by Gasteiger charge is 2.28. The summed E-state index contributed by atoms with van der Waals surface area (Å²) in [6.45, 7) is 3.56. The van der Waals surface area contributed by atoms with Gasteiger partial charge in [-0.15, -0.1) is 0 Å². The third-order valence-electron chi connectivity index (χ3n) is 3.23. The fraction of sp³-hybridized carbons (Fsp3) is 0.643. The Kier molecular flexibility index (Phi) is 5.11. The molecule has 1 aliphatic carbocycles. The summed E-state index contributed by atoms with van der Waals surface area (Å²) in [5, 5.41) is 3.14. The molecule has 0 spiro atoms. The number of hydrogen-bond acceptors (Lipinski definition) is 4. The zero-order valence-electron chi connectivity index (χ0n) is 11.4. The summed E-state index contributed by atoms with van der Waals surface area (Å²) in [5.74, 6) is 0. The quantitative estimate of drug-likeness (QED) is 0.756. The maximum Gasteiger partial charge on any atom is 0.0589 e. The van der Waals surface area contributed by atoms with Gasteiger partial charge in [0, 0.05) is 32.8 Å². The maximum absolute atomic E-state index is 5.18. The van der Waals surface area contributed by atoms with Gasteiger partial charge >= 0.3 is 0 Å². The average Bonchev–Trinajstić information content (AvgIpc) is 3.19. The molecule has 0 saturated heterocycles. The molecule has 2 rings (SSSR count). The van der Waals surface area contributed by atoms with Crippen LogP contribution in [0.3, 0.4) is 0 Å². The van der Waals surface area contributed by atoms with E-state index in [-0.39, 0.29) is 0 Å². The molecule has 0 atom stereocenters. The number of methoxy groups -OCH3 is 1. The van der Waals surface area contributed by atoms with Gasteiger partial charge in [0.1, 0.15) is 0 Å². The second-order valence-corrected chi connectivity index (χ2v) is 4.85. The molecule has 18 heavy (non-hydrogen) atoms. The molecule has 1 aliphatic rings. The SMILES string of the molecule is CNCc1cccc(CN(CCOC)C2CC2)n1. The van der Waals surface area contributed by atoms with E-state index in [4.69, 9.17) is 4.74 Å². The standard InChI is InChI=1S/C14H23N3O/c1-15-10-12-4-3-5-13(16-12)11-17(8-9-18-2)14-6-7-14/h3-5,14-15H,6-11H2,1-2H3. The van der Waals surface area contributed by atoms with E-state index in [1.54, 1.807) is 7.11 Å². The summed E-state index contributed by atoms with van der Waals surface area (Å²) >= 11 is 0. The van der Waals surface area contributed by atoms with Crippen molar-refractivity contribution in [3.63, 3.8) is 0 Å². The van der Waals surface area contributed by atoms with Gasteiger partial charge in [-0.25, -0.2) is 0 Å². The first-order valence-electron chi connectivity index (χ1n) is 6.66. The van der Waals surface area contributed by atoms with Crippen LogP contribution in [-0.4, -0.2) is 43.2 Å². The van der Waals surface area contributed by atoms with Gasteiger partial charge in [-0.1, -0.05) is 6.07 Å². The molecule has 1 N–H and O–H groups in total. The molecule has 1 saturated carbocycles. The molecule has 100 valence electrons. The highest BCUT2D eigenvalue weighted by molar-refractivity contribution is 5.11. The Morgan fingerprint density at radius 2 is 2.17 bits per heavy atom. The summed E-state index contributed by atoms with van der Waals surface area (Å²) in [6.07, 6.45) is 2.64. The van der Waals surface area contributed by atoms with Crippen LogP contribution in [0.5, 0.6) is 0 Å². The number of pyridine rings is 1. The number of rotatable bonds is 8. The van der Waals surface area contributed by atoms with Crippen molar-refractivity contribution < 1.29 is 4.74 Å². The van der Waals surface area contributed by atoms with Crippen LogP contribution in [0.1, 0.15) is 24.2 Å². The predicted octanol–water partition coefficient (Wildman–Crippen LogP) is 1.41. The lowest BCUT2D eigenvalue weighted by Crippen LogP contribution is -2.29. The average molecular weight is 249 g/mol. The largest absolute Gasteiger partial charge is 0.383 e. The highest BCUT2D eigenvalue weighted by atomic mass is 16.5. The molecular weight excluding hydrogens is 226 g/mol. The van der Waals surface area contributed by atoms with Crippen LogP contribution < -0.4 is 5.32 Å². The molecule has 1 heterocycles. The van der Waals surface area contributed by atoms with Crippen LogP contribution >= 0.6 is 0 Å². The molecule has 4 nitrogen and oxygen atoms in total. The first kappa shape index (κ1) is 13.5. The van der Waals surface area contributed by atoms with Crippen LogP contribution in [0, 0.1) is 0 Å². The highest BCUT2D eigenvalue weighted by Crippen LogP contribution is 2.27. The van der Waals surface area contributed by atoms with Crippen LogP contribution in [-0.2, 0) is 17.8 Å². The molecular formula is C14H23N3O. The Bertz CT molecular complexity index is 366. The molecule has 1 aromatic rings. The van der Waals surface area contributed by atoms with Gasteiger partial charge in [0.15, 0.2) is 0 Å². The van der Waals surface area contributed by atoms with Crippen molar-refractivity contribution in [2.75, 3.05) is 27.3 Å². The van der Waals surface area contributed by atoms with Gasteiger partial charge in [0.2, 0.25) is 0 Å². The van der Waals surface area contributed by atoms with Crippen LogP contribution in [0.4, 0.5) is 0 Å². The Hall–Kier alpha value is -0.970. The summed E-state index contributed by atoms with van der Waals surface area (Å²) < 4.78 is 5.18.